The van der Waals surface area contributed by atoms with Crippen LogP contribution >= 0.6 is 0 Å². The van der Waals surface area contributed by atoms with E-state index in [2.05, 4.69) is 44.8 Å². The van der Waals surface area contributed by atoms with Gasteiger partial charge >= 0.3 is 0 Å². The molecule has 18 heavy (non-hydrogen) atoms. The molecule has 0 aromatic rings. The zero-order chi connectivity index (χ0) is 13.6. The third kappa shape index (κ3) is 3.96. The Kier molecular flexibility index (Phi) is 6.65. The molecule has 1 saturated heterocycles. The summed E-state index contributed by atoms with van der Waals surface area (Å²) >= 11 is 0. The Morgan fingerprint density at radius 3 is 2.22 bits per heavy atom. The molecule has 0 bridgehead atoms. The topological polar surface area (TPSA) is 15.3 Å². The van der Waals surface area contributed by atoms with Gasteiger partial charge in [-0.05, 0) is 58.7 Å². The maximum Gasteiger partial charge on any atom is 0.0308 e. The molecular formula is C16H34N2. The van der Waals surface area contributed by atoms with Gasteiger partial charge in [0.15, 0.2) is 0 Å². The molecule has 0 aromatic heterocycles. The van der Waals surface area contributed by atoms with E-state index in [4.69, 9.17) is 0 Å². The van der Waals surface area contributed by atoms with Gasteiger partial charge in [-0.1, -0.05) is 33.6 Å². The first-order chi connectivity index (χ1) is 8.54. The van der Waals surface area contributed by atoms with Crippen LogP contribution in [0.2, 0.25) is 0 Å². The van der Waals surface area contributed by atoms with E-state index < -0.39 is 0 Å². The fourth-order valence-electron chi connectivity index (χ4n) is 3.66. The summed E-state index contributed by atoms with van der Waals surface area (Å²) in [5, 5.41) is 3.76. The van der Waals surface area contributed by atoms with Crippen LogP contribution in [0, 0.1) is 5.92 Å². The van der Waals surface area contributed by atoms with Gasteiger partial charge in [0.2, 0.25) is 0 Å². The first-order valence-electron chi connectivity index (χ1n) is 8.02. The Balaban J connectivity index is 2.73. The lowest BCUT2D eigenvalue weighted by atomic mass is 9.81. The van der Waals surface area contributed by atoms with E-state index in [9.17, 15) is 0 Å². The Bertz CT molecular complexity index is 219. The van der Waals surface area contributed by atoms with Gasteiger partial charge in [-0.25, -0.2) is 0 Å². The largest absolute Gasteiger partial charge is 0.312 e. The predicted molar refractivity (Wildman–Crippen MR) is 81.0 cm³/mol. The molecule has 0 aliphatic carbocycles. The minimum atomic E-state index is 0.283. The van der Waals surface area contributed by atoms with Crippen LogP contribution in [0.3, 0.4) is 0 Å². The maximum absolute atomic E-state index is 3.76. The van der Waals surface area contributed by atoms with E-state index in [1.165, 1.54) is 45.2 Å². The molecule has 2 nitrogen and oxygen atoms in total. The Hall–Kier alpha value is -0.0800. The number of piperidine rings is 1. The molecule has 108 valence electrons. The van der Waals surface area contributed by atoms with E-state index in [1.807, 2.05) is 0 Å². The lowest BCUT2D eigenvalue weighted by molar-refractivity contribution is 0.0418. The van der Waals surface area contributed by atoms with Crippen LogP contribution in [0.5, 0.6) is 0 Å². The number of hydrogen-bond acceptors (Lipinski definition) is 2. The third-order valence-corrected chi connectivity index (χ3v) is 4.67. The normalized spacial score (nSPS) is 21.8. The molecule has 0 spiro atoms. The average molecular weight is 254 g/mol. The number of nitrogens with zero attached hydrogens (tertiary/aromatic N) is 1. The summed E-state index contributed by atoms with van der Waals surface area (Å²) < 4.78 is 0. The first kappa shape index (κ1) is 16.0. The average Bonchev–Trinajstić information content (AvgIpc) is 2.37. The van der Waals surface area contributed by atoms with Gasteiger partial charge in [0.25, 0.3) is 0 Å². The SMILES string of the molecule is CCCC(C)C(NCC)C(C)(C)N1CCCCC1. The molecule has 1 aliphatic heterocycles. The summed E-state index contributed by atoms with van der Waals surface area (Å²) in [7, 11) is 0. The van der Waals surface area contributed by atoms with Crippen LogP contribution in [0.25, 0.3) is 0 Å². The third-order valence-electron chi connectivity index (χ3n) is 4.67. The molecule has 2 heteroatoms. The van der Waals surface area contributed by atoms with Crippen LogP contribution in [-0.4, -0.2) is 36.1 Å². The lowest BCUT2D eigenvalue weighted by Gasteiger charge is -2.48. The van der Waals surface area contributed by atoms with Crippen LogP contribution in [0.1, 0.15) is 66.7 Å². The highest BCUT2D eigenvalue weighted by Gasteiger charge is 2.37. The molecule has 1 fully saturated rings. The van der Waals surface area contributed by atoms with Crippen molar-refractivity contribution in [3.05, 3.63) is 0 Å². The molecule has 1 aliphatic rings. The number of nitrogens with one attached hydrogen (secondary N) is 1. The van der Waals surface area contributed by atoms with E-state index in [0.717, 1.165) is 12.5 Å². The number of hydrogen-bond donors (Lipinski definition) is 1. The molecule has 2 unspecified atom stereocenters. The minimum absolute atomic E-state index is 0.283. The molecule has 1 heterocycles. The van der Waals surface area contributed by atoms with Crippen molar-refractivity contribution < 1.29 is 0 Å². The molecule has 0 radical (unpaired) electrons. The van der Waals surface area contributed by atoms with Gasteiger partial charge in [-0.3, -0.25) is 4.90 Å². The Labute approximate surface area is 115 Å². The quantitative estimate of drug-likeness (QED) is 0.746. The molecule has 1 rings (SSSR count). The smallest absolute Gasteiger partial charge is 0.0308 e. The number of likely N-dealkylation sites (tertiary alicyclic amines) is 1. The van der Waals surface area contributed by atoms with Crippen LogP contribution < -0.4 is 5.32 Å². The maximum atomic E-state index is 3.76. The molecule has 0 saturated carbocycles. The molecule has 0 aromatic carbocycles. The van der Waals surface area contributed by atoms with Crippen molar-refractivity contribution in [1.82, 2.24) is 10.2 Å². The zero-order valence-electron chi connectivity index (χ0n) is 13.3. The molecular weight excluding hydrogens is 220 g/mol. The van der Waals surface area contributed by atoms with Gasteiger partial charge in [-0.2, -0.15) is 0 Å². The molecule has 0 amide bonds. The van der Waals surface area contributed by atoms with Crippen molar-refractivity contribution in [1.29, 1.82) is 0 Å². The Morgan fingerprint density at radius 1 is 1.11 bits per heavy atom. The fourth-order valence-corrected chi connectivity index (χ4v) is 3.66. The first-order valence-corrected chi connectivity index (χ1v) is 8.02. The predicted octanol–water partition coefficient (Wildman–Crippen LogP) is 3.67. The Morgan fingerprint density at radius 2 is 1.72 bits per heavy atom. The van der Waals surface area contributed by atoms with Gasteiger partial charge in [0, 0.05) is 11.6 Å². The summed E-state index contributed by atoms with van der Waals surface area (Å²) in [6.45, 7) is 15.5. The van der Waals surface area contributed by atoms with Crippen molar-refractivity contribution in [2.75, 3.05) is 19.6 Å². The summed E-state index contributed by atoms with van der Waals surface area (Å²) in [5.74, 6) is 0.756. The number of likely N-dealkylation sites (N-methyl/N-ethyl adjacent to an activating group) is 1. The van der Waals surface area contributed by atoms with Gasteiger partial charge < -0.3 is 5.32 Å². The standard InChI is InChI=1S/C16H34N2/c1-6-11-14(3)15(17-7-2)16(4,5)18-12-9-8-10-13-18/h14-15,17H,6-13H2,1-5H3. The van der Waals surface area contributed by atoms with Crippen LogP contribution in [0.4, 0.5) is 0 Å². The summed E-state index contributed by atoms with van der Waals surface area (Å²) in [6, 6.07) is 0.612. The van der Waals surface area contributed by atoms with E-state index >= 15 is 0 Å². The van der Waals surface area contributed by atoms with E-state index in [-0.39, 0.29) is 5.54 Å². The summed E-state index contributed by atoms with van der Waals surface area (Å²) in [5.41, 5.74) is 0.283. The lowest BCUT2D eigenvalue weighted by Crippen LogP contribution is -2.61. The fraction of sp³-hybridized carbons (Fsp3) is 1.00. The highest BCUT2D eigenvalue weighted by Crippen LogP contribution is 2.29. The van der Waals surface area contributed by atoms with Gasteiger partial charge in [-0.15, -0.1) is 0 Å². The highest BCUT2D eigenvalue weighted by molar-refractivity contribution is 4.96. The second-order valence-electron chi connectivity index (χ2n) is 6.50. The second-order valence-corrected chi connectivity index (χ2v) is 6.50. The van der Waals surface area contributed by atoms with Crippen LogP contribution in [-0.2, 0) is 0 Å². The van der Waals surface area contributed by atoms with Crippen molar-refractivity contribution >= 4 is 0 Å². The van der Waals surface area contributed by atoms with Crippen molar-refractivity contribution in [3.63, 3.8) is 0 Å². The molecule has 2 atom stereocenters. The number of rotatable bonds is 7. The van der Waals surface area contributed by atoms with Crippen molar-refractivity contribution in [2.45, 2.75) is 78.3 Å². The summed E-state index contributed by atoms with van der Waals surface area (Å²) in [6.07, 6.45) is 6.80. The van der Waals surface area contributed by atoms with Crippen LogP contribution in [0.15, 0.2) is 0 Å². The van der Waals surface area contributed by atoms with Gasteiger partial charge in [0.1, 0.15) is 0 Å². The van der Waals surface area contributed by atoms with E-state index in [1.54, 1.807) is 0 Å². The highest BCUT2D eigenvalue weighted by atomic mass is 15.2. The second kappa shape index (κ2) is 7.49. The summed E-state index contributed by atoms with van der Waals surface area (Å²) in [4.78, 5) is 2.72. The minimum Gasteiger partial charge on any atom is -0.312 e. The van der Waals surface area contributed by atoms with Crippen molar-refractivity contribution in [3.8, 4) is 0 Å². The monoisotopic (exact) mass is 254 g/mol. The van der Waals surface area contributed by atoms with E-state index in [0.29, 0.717) is 6.04 Å². The van der Waals surface area contributed by atoms with Crippen molar-refractivity contribution in [2.24, 2.45) is 5.92 Å². The van der Waals surface area contributed by atoms with Gasteiger partial charge in [0.05, 0.1) is 0 Å². The zero-order valence-corrected chi connectivity index (χ0v) is 13.3. The molecule has 1 N–H and O–H groups in total.